The summed E-state index contributed by atoms with van der Waals surface area (Å²) in [6.45, 7) is 14.6. The Hall–Kier alpha value is -3.09. The highest BCUT2D eigenvalue weighted by molar-refractivity contribution is 8.03. The molecule has 3 aliphatic heterocycles. The second-order valence-corrected chi connectivity index (χ2v) is 11.7. The number of benzene rings is 2. The van der Waals surface area contributed by atoms with Gasteiger partial charge in [-0.25, -0.2) is 4.58 Å². The zero-order valence-electron chi connectivity index (χ0n) is 23.8. The van der Waals surface area contributed by atoms with Crippen molar-refractivity contribution < 1.29 is 9.37 Å². The van der Waals surface area contributed by atoms with Crippen LogP contribution >= 0.6 is 11.8 Å². The van der Waals surface area contributed by atoms with Crippen molar-refractivity contribution in [2.24, 2.45) is 0 Å². The molecule has 0 N–H and O–H groups in total. The summed E-state index contributed by atoms with van der Waals surface area (Å²) >= 11 is 1.70. The van der Waals surface area contributed by atoms with Crippen molar-refractivity contribution in [1.29, 1.82) is 0 Å². The van der Waals surface area contributed by atoms with Crippen LogP contribution < -0.4 is 4.90 Å². The van der Waals surface area contributed by atoms with Crippen molar-refractivity contribution in [3.05, 3.63) is 99.4 Å². The summed E-state index contributed by atoms with van der Waals surface area (Å²) in [7, 11) is 0. The molecule has 0 unspecified atom stereocenters. The third-order valence-corrected chi connectivity index (χ3v) is 9.22. The van der Waals surface area contributed by atoms with E-state index in [0.717, 1.165) is 74.2 Å². The molecule has 0 bridgehead atoms. The van der Waals surface area contributed by atoms with Gasteiger partial charge in [-0.3, -0.25) is 14.6 Å². The van der Waals surface area contributed by atoms with Crippen LogP contribution in [0.4, 0.5) is 5.69 Å². The topological polar surface area (TPSA) is 29.8 Å². The summed E-state index contributed by atoms with van der Waals surface area (Å²) in [5, 5.41) is 0. The molecule has 0 aliphatic carbocycles. The van der Waals surface area contributed by atoms with E-state index in [1.165, 1.54) is 28.1 Å². The zero-order valence-corrected chi connectivity index (χ0v) is 24.6. The third kappa shape index (κ3) is 6.23. The smallest absolute Gasteiger partial charge is 0.270 e. The number of hydrogen-bond donors (Lipinski definition) is 0. The zero-order chi connectivity index (χ0) is 27.4. The number of anilines is 1. The van der Waals surface area contributed by atoms with Crippen LogP contribution in [0.25, 0.3) is 0 Å². The number of nitrogens with zero attached hydrogens (tertiary/aromatic N) is 4. The maximum atomic E-state index is 14.3. The average Bonchev–Trinajstić information content (AvgIpc) is 2.95. The van der Waals surface area contributed by atoms with E-state index >= 15 is 0 Å². The molecule has 3 aliphatic rings. The lowest BCUT2D eigenvalue weighted by Gasteiger charge is -2.39. The first kappa shape index (κ1) is 27.5. The fraction of sp³-hybridized carbons (Fsp3) is 0.394. The van der Waals surface area contributed by atoms with Crippen LogP contribution in [0.3, 0.4) is 0 Å². The van der Waals surface area contributed by atoms with Crippen LogP contribution in [-0.4, -0.2) is 65.8 Å². The molecule has 2 aromatic rings. The molecule has 0 aromatic heterocycles. The minimum absolute atomic E-state index is 0.0914. The Balaban J connectivity index is 1.39. The van der Waals surface area contributed by atoms with E-state index in [2.05, 4.69) is 78.6 Å². The molecular formula is C33H41N4OS+. The first-order valence-electron chi connectivity index (χ1n) is 14.2. The Bertz CT molecular complexity index is 1320. The molecule has 6 heteroatoms. The Morgan fingerprint density at radius 1 is 0.923 bits per heavy atom. The van der Waals surface area contributed by atoms with Crippen LogP contribution in [0.2, 0.25) is 0 Å². The Kier molecular flexibility index (Phi) is 8.73. The van der Waals surface area contributed by atoms with Gasteiger partial charge in [-0.1, -0.05) is 54.1 Å². The van der Waals surface area contributed by atoms with Crippen molar-refractivity contribution in [2.75, 3.05) is 44.2 Å². The largest absolute Gasteiger partial charge is 0.371 e. The Labute approximate surface area is 238 Å². The second-order valence-electron chi connectivity index (χ2n) is 10.7. The summed E-state index contributed by atoms with van der Waals surface area (Å²) < 4.78 is 2.32. The van der Waals surface area contributed by atoms with Gasteiger partial charge in [0.05, 0.1) is 10.5 Å². The van der Waals surface area contributed by atoms with Gasteiger partial charge in [-0.2, -0.15) is 0 Å². The third-order valence-electron chi connectivity index (χ3n) is 8.05. The van der Waals surface area contributed by atoms with Crippen LogP contribution in [0.1, 0.15) is 44.7 Å². The predicted octanol–water partition coefficient (Wildman–Crippen LogP) is 6.18. The van der Waals surface area contributed by atoms with Gasteiger partial charge in [0.25, 0.3) is 5.91 Å². The summed E-state index contributed by atoms with van der Waals surface area (Å²) in [5.41, 5.74) is 8.52. The van der Waals surface area contributed by atoms with E-state index in [1.807, 2.05) is 35.2 Å². The number of para-hydroxylation sites is 1. The van der Waals surface area contributed by atoms with Gasteiger partial charge in [0.2, 0.25) is 0 Å². The minimum Gasteiger partial charge on any atom is -0.371 e. The van der Waals surface area contributed by atoms with Crippen molar-refractivity contribution in [2.45, 2.75) is 46.3 Å². The van der Waals surface area contributed by atoms with Gasteiger partial charge >= 0.3 is 0 Å². The maximum absolute atomic E-state index is 14.3. The first-order chi connectivity index (χ1) is 18.9. The molecule has 0 radical (unpaired) electrons. The molecule has 3 heterocycles. The van der Waals surface area contributed by atoms with Gasteiger partial charge in [0, 0.05) is 62.5 Å². The highest BCUT2D eigenvalue weighted by atomic mass is 32.2. The van der Waals surface area contributed by atoms with E-state index in [9.17, 15) is 4.79 Å². The molecule has 204 valence electrons. The van der Waals surface area contributed by atoms with Crippen molar-refractivity contribution in [1.82, 2.24) is 9.80 Å². The number of allylic oxidation sites excluding steroid dienone is 4. The van der Waals surface area contributed by atoms with E-state index in [-0.39, 0.29) is 5.91 Å². The number of amides is 1. The molecule has 1 saturated heterocycles. The number of piperazine rings is 1. The van der Waals surface area contributed by atoms with E-state index in [4.69, 9.17) is 0 Å². The van der Waals surface area contributed by atoms with Gasteiger partial charge < -0.3 is 4.90 Å². The number of hydrogen-bond acceptors (Lipinski definition) is 4. The number of rotatable bonds is 8. The van der Waals surface area contributed by atoms with E-state index < -0.39 is 0 Å². The van der Waals surface area contributed by atoms with Crippen molar-refractivity contribution in [3.63, 3.8) is 0 Å². The highest BCUT2D eigenvalue weighted by Crippen LogP contribution is 2.35. The monoisotopic (exact) mass is 541 g/mol. The van der Waals surface area contributed by atoms with Gasteiger partial charge in [-0.05, 0) is 51.3 Å². The van der Waals surface area contributed by atoms with Crippen LogP contribution in [0.5, 0.6) is 0 Å². The van der Waals surface area contributed by atoms with Crippen molar-refractivity contribution >= 4 is 29.6 Å². The number of thioether (sulfide) groups is 1. The fourth-order valence-corrected chi connectivity index (χ4v) is 6.71. The normalized spacial score (nSPS) is 22.2. The molecule has 2 aromatic carbocycles. The molecule has 0 spiro atoms. The summed E-state index contributed by atoms with van der Waals surface area (Å²) in [6.07, 6.45) is 6.35. The van der Waals surface area contributed by atoms with Crippen LogP contribution in [0, 0.1) is 6.92 Å². The molecule has 39 heavy (non-hydrogen) atoms. The number of carbonyl (C=O) groups is 1. The number of carbonyl (C=O) groups excluding carboxylic acids is 1. The van der Waals surface area contributed by atoms with Crippen LogP contribution in [-0.2, 0) is 10.5 Å². The standard InChI is InChI=1S/C33H41N4OS/c1-5-35-23-29(27(35)4)22-34-18-20-36(21-19-34)31-13-9-10-26(3)37(30-11-7-6-8-12-30)33(38)32(31)39-24-28-16-14-25(2)15-17-28/h6-8,10-12,14-17,23H,5,9,13,18-22,24H2,1-4H3/q+1/b26-10+,32-31-. The molecule has 1 fully saturated rings. The molecule has 1 amide bonds. The van der Waals surface area contributed by atoms with E-state index in [1.54, 1.807) is 11.8 Å². The lowest BCUT2D eigenvalue weighted by atomic mass is 10.1. The number of aryl methyl sites for hydroxylation is 1. The Morgan fingerprint density at radius 3 is 2.31 bits per heavy atom. The fourth-order valence-electron chi connectivity index (χ4n) is 5.59. The summed E-state index contributed by atoms with van der Waals surface area (Å²) in [5.74, 6) is 0.877. The first-order valence-corrected chi connectivity index (χ1v) is 15.2. The summed E-state index contributed by atoms with van der Waals surface area (Å²) in [4.78, 5) is 22.2. The highest BCUT2D eigenvalue weighted by Gasteiger charge is 2.31. The summed E-state index contributed by atoms with van der Waals surface area (Å²) in [6, 6.07) is 18.8. The van der Waals surface area contributed by atoms with Gasteiger partial charge in [0.1, 0.15) is 6.54 Å². The van der Waals surface area contributed by atoms with Crippen molar-refractivity contribution in [3.8, 4) is 0 Å². The molecule has 5 rings (SSSR count). The van der Waals surface area contributed by atoms with Gasteiger partial charge in [0.15, 0.2) is 11.9 Å². The molecule has 0 atom stereocenters. The second kappa shape index (κ2) is 12.4. The van der Waals surface area contributed by atoms with E-state index in [0.29, 0.717) is 0 Å². The molecule has 0 saturated carbocycles. The minimum atomic E-state index is 0.0914. The molecular weight excluding hydrogens is 500 g/mol. The Morgan fingerprint density at radius 2 is 1.64 bits per heavy atom. The predicted molar refractivity (Wildman–Crippen MR) is 164 cm³/mol. The lowest BCUT2D eigenvalue weighted by molar-refractivity contribution is -0.480. The van der Waals surface area contributed by atoms with Crippen LogP contribution in [0.15, 0.2) is 88.2 Å². The SMILES string of the molecule is CC[N+]1=CC(CN2CCN(/C3=C(\SCc4ccc(C)cc4)C(=O)N(c4ccccc4)/C(C)=C/CC3)CC2)=C1C. The molecule has 5 nitrogen and oxygen atoms in total. The van der Waals surface area contributed by atoms with Gasteiger partial charge in [-0.15, -0.1) is 11.8 Å². The quantitative estimate of drug-likeness (QED) is 0.374. The maximum Gasteiger partial charge on any atom is 0.270 e. The average molecular weight is 542 g/mol. The lowest BCUT2D eigenvalue weighted by Crippen LogP contribution is -2.48.